The van der Waals surface area contributed by atoms with Crippen molar-refractivity contribution < 1.29 is 41.1 Å². The second-order valence-electron chi connectivity index (χ2n) is 35.4. The van der Waals surface area contributed by atoms with Crippen LogP contribution in [-0.4, -0.2) is 139 Å². The van der Waals surface area contributed by atoms with Gasteiger partial charge in [-0.1, -0.05) is 121 Å². The number of benzene rings is 9. The molecule has 3 amide bonds. The number of nitrogens with one attached hydrogen (secondary N) is 4. The largest absolute Gasteiger partial charge is 0.399 e. The van der Waals surface area contributed by atoms with Crippen LogP contribution in [0, 0.1) is 40.4 Å². The van der Waals surface area contributed by atoms with Gasteiger partial charge in [0.25, 0.3) is 5.91 Å². The van der Waals surface area contributed by atoms with Crippen molar-refractivity contribution in [3.05, 3.63) is 294 Å². The molecule has 0 aromatic heterocycles. The maximum Gasteiger partial charge on any atom is 0.273 e. The summed E-state index contributed by atoms with van der Waals surface area (Å²) < 4.78 is 64.8. The summed E-state index contributed by atoms with van der Waals surface area (Å²) in [7, 11) is 0. The Morgan fingerprint density at radius 1 is 0.426 bits per heavy atom. The number of piperidine rings is 5. The molecule has 9 aromatic rings. The quantitative estimate of drug-likeness (QED) is 0.0415. The van der Waals surface area contributed by atoms with Gasteiger partial charge in [-0.05, 0) is 259 Å². The second-order valence-corrected chi connectivity index (χ2v) is 35.4. The molecule has 12 aliphatic heterocycles. The number of nitrogens with zero attached hydrogens (tertiary/aromatic N) is 8. The summed E-state index contributed by atoms with van der Waals surface area (Å²) in [5.41, 5.74) is 17.9. The Labute approximate surface area is 711 Å². The van der Waals surface area contributed by atoms with E-state index in [4.69, 9.17) is 11.5 Å². The maximum absolute atomic E-state index is 13.4. The predicted octanol–water partition coefficient (Wildman–Crippen LogP) is 16.5. The van der Waals surface area contributed by atoms with E-state index in [0.717, 1.165) is 152 Å². The number of nitriles is 1. The van der Waals surface area contributed by atoms with Gasteiger partial charge in [-0.2, -0.15) is 5.26 Å². The number of carbonyl (C=O) groups is 4. The van der Waals surface area contributed by atoms with E-state index >= 15 is 0 Å². The molecule has 8 N–H and O–H groups in total. The van der Waals surface area contributed by atoms with Crippen LogP contribution in [0.3, 0.4) is 0 Å². The van der Waals surface area contributed by atoms with Crippen LogP contribution < -0.4 is 42.5 Å². The third-order valence-electron chi connectivity index (χ3n) is 27.6. The molecular weight excluding hydrogens is 1540 g/mol. The number of primary amides is 1. The Kier molecular flexibility index (Phi) is 25.8. The molecule has 23 heteroatoms. The van der Waals surface area contributed by atoms with Gasteiger partial charge < -0.3 is 42.5 Å². The Morgan fingerprint density at radius 2 is 0.779 bits per heavy atom. The molecule has 12 aliphatic rings. The van der Waals surface area contributed by atoms with E-state index in [2.05, 4.69) is 160 Å². The number of amides is 3. The van der Waals surface area contributed by atoms with E-state index in [1.165, 1.54) is 108 Å². The van der Waals surface area contributed by atoms with Gasteiger partial charge in [0.15, 0.2) is 0 Å². The van der Waals surface area contributed by atoms with E-state index in [9.17, 15) is 46.4 Å². The monoisotopic (exact) mass is 1650 g/mol. The third-order valence-corrected chi connectivity index (χ3v) is 27.6. The number of ketones is 1. The molecule has 12 heterocycles. The number of nitrogens with two attached hydrogens (primary N) is 2. The summed E-state index contributed by atoms with van der Waals surface area (Å²) in [6.07, 6.45) is 20.8. The fourth-order valence-electron chi connectivity index (χ4n) is 21.7. The Hall–Kier alpha value is -11.1. The molecular formula is C99H109F5N14O4. The number of halogens is 5. The van der Waals surface area contributed by atoms with Crippen molar-refractivity contribution in [2.75, 3.05) is 32.8 Å². The first-order valence-electron chi connectivity index (χ1n) is 43.4. The number of carbonyl (C=O) groups excluding carboxylic acids is 4. The molecule has 10 unspecified atom stereocenters. The van der Waals surface area contributed by atoms with Crippen molar-refractivity contribution in [1.82, 2.24) is 30.2 Å². The topological polar surface area (TPSA) is 224 Å². The molecule has 21 rings (SSSR count). The summed E-state index contributed by atoms with van der Waals surface area (Å²) in [4.78, 5) is 67.7. The zero-order chi connectivity index (χ0) is 84.5. The number of aliphatic imine (C=N–C) groups is 1. The van der Waals surface area contributed by atoms with Crippen molar-refractivity contribution in [3.8, 4) is 6.07 Å². The molecule has 634 valence electrons. The minimum atomic E-state index is -0.767. The summed E-state index contributed by atoms with van der Waals surface area (Å²) in [6.45, 7) is 4.32. The van der Waals surface area contributed by atoms with Crippen LogP contribution in [0.25, 0.3) is 0 Å². The molecule has 122 heavy (non-hydrogen) atoms. The van der Waals surface area contributed by atoms with E-state index in [-0.39, 0.29) is 46.8 Å². The maximum atomic E-state index is 13.4. The minimum Gasteiger partial charge on any atom is -0.399 e. The van der Waals surface area contributed by atoms with Gasteiger partial charge in [0.05, 0.1) is 19.1 Å². The predicted molar refractivity (Wildman–Crippen MR) is 467 cm³/mol. The fourth-order valence-corrected chi connectivity index (χ4v) is 21.7. The number of rotatable bonds is 15. The van der Waals surface area contributed by atoms with Crippen molar-refractivity contribution >= 4 is 58.3 Å². The third kappa shape index (κ3) is 19.2. The lowest BCUT2D eigenvalue weighted by molar-refractivity contribution is -0.125. The van der Waals surface area contributed by atoms with E-state index in [1.807, 2.05) is 23.1 Å². The van der Waals surface area contributed by atoms with Gasteiger partial charge in [0, 0.05) is 128 Å². The van der Waals surface area contributed by atoms with E-state index in [0.29, 0.717) is 91.4 Å². The molecule has 18 nitrogen and oxygen atoms in total. The number of fused-ring (bicyclic) bond motifs is 10. The Balaban J connectivity index is 0.000000111. The van der Waals surface area contributed by atoms with Crippen LogP contribution in [0.15, 0.2) is 248 Å². The van der Waals surface area contributed by atoms with E-state index in [1.54, 1.807) is 54.9 Å². The molecule has 10 atom stereocenters. The van der Waals surface area contributed by atoms with Crippen LogP contribution in [0.1, 0.15) is 151 Å². The van der Waals surface area contributed by atoms with Gasteiger partial charge in [0.2, 0.25) is 11.8 Å². The molecule has 9 aromatic carbocycles. The Morgan fingerprint density at radius 3 is 1.17 bits per heavy atom. The molecule has 11 fully saturated rings. The highest BCUT2D eigenvalue weighted by Crippen LogP contribution is 2.50. The van der Waals surface area contributed by atoms with Gasteiger partial charge in [0.1, 0.15) is 57.0 Å². The normalized spacial score (nSPS) is 28.7. The average molecular weight is 1650 g/mol. The zero-order valence-corrected chi connectivity index (χ0v) is 68.9. The lowest BCUT2D eigenvalue weighted by Gasteiger charge is -2.47. The number of anilines is 5. The van der Waals surface area contributed by atoms with Crippen LogP contribution in [0.2, 0.25) is 0 Å². The smallest absolute Gasteiger partial charge is 0.273 e. The minimum absolute atomic E-state index is 0.0527. The summed E-state index contributed by atoms with van der Waals surface area (Å²) >= 11 is 0. The second kappa shape index (κ2) is 37.3. The SMILES string of the molecule is N#CC1(Nc2ccc(F)cc2)CC2CCC(C1)N2Cc1ccccc1.NC(=O)C1(Nc2ccc(F)cc2)CC2CCC(C1)N2Cc1ccccc1.Nc1ccc(F)cc1.O=C1CC2CCC(C1)N2Cc1ccccc1.O=C1N=CN(c2ccc(F)cc2)C12CC1CCC(C2)N1Cc1ccccc1.O=C1NCN(c2ccc(F)cc2)C12CC1CCC(C2)N1. The average Bonchev–Trinajstić information content (AvgIpc) is 1.57. The first-order chi connectivity index (χ1) is 59.2. The van der Waals surface area contributed by atoms with Gasteiger partial charge in [-0.3, -0.25) is 38.8 Å². The van der Waals surface area contributed by atoms with Crippen molar-refractivity contribution in [2.24, 2.45) is 10.7 Å². The van der Waals surface area contributed by atoms with Gasteiger partial charge >= 0.3 is 0 Å². The lowest BCUT2D eigenvalue weighted by atomic mass is 9.80. The molecule has 0 aliphatic carbocycles. The fraction of sp³-hybridized carbons (Fsp3) is 0.394. The molecule has 11 saturated heterocycles. The first-order valence-corrected chi connectivity index (χ1v) is 43.4. The van der Waals surface area contributed by atoms with Crippen molar-refractivity contribution in [3.63, 3.8) is 0 Å². The van der Waals surface area contributed by atoms with Gasteiger partial charge in [-0.15, -0.1) is 0 Å². The summed E-state index contributed by atoms with van der Waals surface area (Å²) in [5.74, 6) is -1.09. The highest BCUT2D eigenvalue weighted by Gasteiger charge is 2.59. The molecule has 0 radical (unpaired) electrons. The molecule has 10 bridgehead atoms. The van der Waals surface area contributed by atoms with Crippen molar-refractivity contribution in [2.45, 2.75) is 237 Å². The number of Topliss-reactive ketones (excluding diaryl/α,β-unsaturated/α-hetero) is 1. The van der Waals surface area contributed by atoms with Crippen LogP contribution >= 0.6 is 0 Å². The van der Waals surface area contributed by atoms with Gasteiger partial charge in [-0.25, -0.2) is 26.9 Å². The molecule has 0 saturated carbocycles. The van der Waals surface area contributed by atoms with E-state index < -0.39 is 22.2 Å². The standard InChI is InChI=1S/C22H22FN3O.C21H24FN3O.C21H22FN3.C15H18FN3O.C14H17NO.C6H6FN/c23-17-6-8-18(9-7-17)26-15-24-21(27)22(26)12-19-10-11-20(13-22)25(19)14-16-4-2-1-3-5-16;22-16-6-8-17(9-7-16)24-21(20(23)26)12-18-10-11-19(13-21)25(18)14-15-4-2-1-3-5-15;22-17-6-8-18(9-7-17)24-21(15-23)12-19-10-11-20(13-21)25(19)14-16-4-2-1-3-5-16;16-10-1-5-13(6-2-10)19-9-17-14(20)15(19)7-11-3-4-12(8-15)18-11;16-14-8-12-6-7-13(9-14)15(12)10-11-4-2-1-3-5-11;7-5-1-3-6(8)4-2-5/h1-9,15,19-20H,10-14H2;1-9,18-19,24H,10-14H2,(H2,23,26);1-9,19-20,24H,10-14H2;1-2,5-6,11-12,18H,3-4,7-9H2,(H,17,20);1-5,12-13H,6-10H2;1-4H,8H2. The summed E-state index contributed by atoms with van der Waals surface area (Å²) in [5, 5.41) is 23.2. The van der Waals surface area contributed by atoms with Crippen LogP contribution in [-0.2, 0) is 45.4 Å². The Bertz CT molecular complexity index is 5030. The lowest BCUT2D eigenvalue weighted by Crippen LogP contribution is -2.60. The number of hydrogen-bond acceptors (Lipinski definition) is 15. The van der Waals surface area contributed by atoms with Crippen LogP contribution in [0.4, 0.5) is 50.4 Å². The van der Waals surface area contributed by atoms with Crippen molar-refractivity contribution in [1.29, 1.82) is 5.26 Å². The number of hydrogen-bond donors (Lipinski definition) is 6. The summed E-state index contributed by atoms with van der Waals surface area (Å²) in [6, 6.07) is 79.7. The first kappa shape index (κ1) is 84.5. The van der Waals surface area contributed by atoms with Crippen LogP contribution in [0.5, 0.6) is 0 Å². The number of nitrogen functional groups attached to an aromatic ring is 1. The molecule has 2 spiro atoms. The highest BCUT2D eigenvalue weighted by atomic mass is 19.1. The highest BCUT2D eigenvalue weighted by molar-refractivity contribution is 6.08. The zero-order valence-electron chi connectivity index (χ0n) is 68.9.